The van der Waals surface area contributed by atoms with Gasteiger partial charge < -0.3 is 19.9 Å². The van der Waals surface area contributed by atoms with E-state index >= 15 is 0 Å². The molecule has 6 nitrogen and oxygen atoms in total. The highest BCUT2D eigenvalue weighted by molar-refractivity contribution is 8.14. The molecule has 27 heavy (non-hydrogen) atoms. The second kappa shape index (κ2) is 8.80. The minimum atomic E-state index is -1.51. The molecule has 5 atom stereocenters. The number of allylic oxidation sites excluding steroid dienone is 3. The normalized spacial score (nSPS) is 41.7. The highest BCUT2D eigenvalue weighted by Crippen LogP contribution is 2.37. The van der Waals surface area contributed by atoms with Gasteiger partial charge in [0.1, 0.15) is 6.10 Å². The summed E-state index contributed by atoms with van der Waals surface area (Å²) in [6.45, 7) is 4.10. The summed E-state index contributed by atoms with van der Waals surface area (Å²) < 4.78 is 11.7. The quantitative estimate of drug-likeness (QED) is 0.523. The lowest BCUT2D eigenvalue weighted by Crippen LogP contribution is -2.58. The van der Waals surface area contributed by atoms with Crippen LogP contribution in [0.5, 0.6) is 0 Å². The Bertz CT molecular complexity index is 634. The van der Waals surface area contributed by atoms with Crippen molar-refractivity contribution in [2.24, 2.45) is 5.92 Å². The Morgan fingerprint density at radius 1 is 1.30 bits per heavy atom. The molecule has 2 saturated heterocycles. The van der Waals surface area contributed by atoms with Crippen molar-refractivity contribution in [1.29, 1.82) is 0 Å². The van der Waals surface area contributed by atoms with Crippen molar-refractivity contribution in [2.75, 3.05) is 5.75 Å². The standard InChI is InChI=1S/C20H29NO5S/c1-13-5-3-4-6-14(2)9-18(22)25-16-10-15(8-7-13)26-20(24,11-16)17-12-27-19(23)21-17/h3,5,9,13,15-17,24H,4,6-8,10-12H2,1-2H3,(H,21,23)/b5-3-,14-9-/t13?,15-,16-,17-,20-/m1/s1. The molecular formula is C20H29NO5S. The summed E-state index contributed by atoms with van der Waals surface area (Å²) in [6.07, 6.45) is 9.42. The number of aliphatic hydroxyl groups is 1. The Labute approximate surface area is 164 Å². The fraction of sp³-hybridized carbons (Fsp3) is 0.700. The number of amides is 1. The molecule has 0 aliphatic carbocycles. The number of carbonyl (C=O) groups is 2. The molecule has 2 fully saturated rings. The van der Waals surface area contributed by atoms with Gasteiger partial charge in [-0.1, -0.05) is 36.4 Å². The molecule has 0 radical (unpaired) electrons. The van der Waals surface area contributed by atoms with Gasteiger partial charge in [-0.25, -0.2) is 4.79 Å². The maximum Gasteiger partial charge on any atom is 0.330 e. The molecular weight excluding hydrogens is 366 g/mol. The zero-order valence-electron chi connectivity index (χ0n) is 16.0. The summed E-state index contributed by atoms with van der Waals surface area (Å²) in [7, 11) is 0. The molecule has 3 heterocycles. The van der Waals surface area contributed by atoms with E-state index in [1.165, 1.54) is 0 Å². The maximum absolute atomic E-state index is 12.3. The third kappa shape index (κ3) is 5.59. The second-order valence-electron chi connectivity index (χ2n) is 7.89. The summed E-state index contributed by atoms with van der Waals surface area (Å²) >= 11 is 1.14. The van der Waals surface area contributed by atoms with Gasteiger partial charge in [-0.15, -0.1) is 0 Å². The lowest BCUT2D eigenvalue weighted by atomic mass is 9.90. The van der Waals surface area contributed by atoms with Gasteiger partial charge in [-0.3, -0.25) is 4.79 Å². The first-order valence-corrected chi connectivity index (χ1v) is 10.7. The highest BCUT2D eigenvalue weighted by atomic mass is 32.2. The molecule has 150 valence electrons. The number of rotatable bonds is 1. The van der Waals surface area contributed by atoms with Crippen LogP contribution >= 0.6 is 11.8 Å². The van der Waals surface area contributed by atoms with Gasteiger partial charge in [0.15, 0.2) is 5.79 Å². The minimum absolute atomic E-state index is 0.160. The van der Waals surface area contributed by atoms with Gasteiger partial charge in [0.05, 0.1) is 12.1 Å². The van der Waals surface area contributed by atoms with E-state index in [4.69, 9.17) is 9.47 Å². The van der Waals surface area contributed by atoms with Crippen LogP contribution in [0.15, 0.2) is 23.8 Å². The predicted molar refractivity (Wildman–Crippen MR) is 104 cm³/mol. The smallest absolute Gasteiger partial charge is 0.330 e. The van der Waals surface area contributed by atoms with Gasteiger partial charge in [0.2, 0.25) is 0 Å². The average molecular weight is 396 g/mol. The number of thioether (sulfide) groups is 1. The zero-order valence-corrected chi connectivity index (χ0v) is 16.8. The van der Waals surface area contributed by atoms with Crippen LogP contribution in [0, 0.1) is 5.92 Å². The second-order valence-corrected chi connectivity index (χ2v) is 8.88. The van der Waals surface area contributed by atoms with Crippen molar-refractivity contribution in [2.45, 2.75) is 76.4 Å². The van der Waals surface area contributed by atoms with Crippen LogP contribution in [-0.2, 0) is 14.3 Å². The molecule has 3 aliphatic heterocycles. The van der Waals surface area contributed by atoms with Crippen LogP contribution in [0.3, 0.4) is 0 Å². The van der Waals surface area contributed by atoms with Crippen molar-refractivity contribution in [3.8, 4) is 0 Å². The number of esters is 1. The molecule has 0 aromatic carbocycles. The lowest BCUT2D eigenvalue weighted by molar-refractivity contribution is -0.283. The van der Waals surface area contributed by atoms with Gasteiger partial charge in [-0.2, -0.15) is 0 Å². The van der Waals surface area contributed by atoms with Crippen LogP contribution < -0.4 is 5.32 Å². The van der Waals surface area contributed by atoms with E-state index in [2.05, 4.69) is 24.4 Å². The predicted octanol–water partition coefficient (Wildman–Crippen LogP) is 3.30. The first-order chi connectivity index (χ1) is 12.8. The van der Waals surface area contributed by atoms with E-state index < -0.39 is 17.9 Å². The zero-order chi connectivity index (χ0) is 19.4. The van der Waals surface area contributed by atoms with E-state index in [9.17, 15) is 14.7 Å². The fourth-order valence-electron chi connectivity index (χ4n) is 3.86. The first-order valence-electron chi connectivity index (χ1n) is 9.72. The fourth-order valence-corrected chi connectivity index (χ4v) is 4.75. The third-order valence-electron chi connectivity index (χ3n) is 5.40. The van der Waals surface area contributed by atoms with E-state index in [-0.39, 0.29) is 23.7 Å². The van der Waals surface area contributed by atoms with Gasteiger partial charge in [0, 0.05) is 24.7 Å². The van der Waals surface area contributed by atoms with E-state index in [1.54, 1.807) is 6.08 Å². The Balaban J connectivity index is 1.78. The number of hydrogen-bond acceptors (Lipinski definition) is 6. The number of hydrogen-bond donors (Lipinski definition) is 2. The molecule has 3 aliphatic rings. The summed E-state index contributed by atoms with van der Waals surface area (Å²) in [6, 6.07) is -0.493. The monoisotopic (exact) mass is 395 g/mol. The van der Waals surface area contributed by atoms with Crippen molar-refractivity contribution in [1.82, 2.24) is 5.32 Å². The Morgan fingerprint density at radius 2 is 2.11 bits per heavy atom. The topological polar surface area (TPSA) is 84.9 Å². The van der Waals surface area contributed by atoms with Crippen molar-refractivity contribution in [3.05, 3.63) is 23.8 Å². The molecule has 2 bridgehead atoms. The Hall–Kier alpha value is -1.31. The van der Waals surface area contributed by atoms with Crippen LogP contribution in [0.4, 0.5) is 4.79 Å². The molecule has 0 saturated carbocycles. The molecule has 1 amide bonds. The van der Waals surface area contributed by atoms with Crippen LogP contribution in [-0.4, -0.2) is 46.1 Å². The molecule has 0 aromatic rings. The first kappa shape index (κ1) is 20.4. The van der Waals surface area contributed by atoms with E-state index in [1.807, 2.05) is 6.92 Å². The Morgan fingerprint density at radius 3 is 2.85 bits per heavy atom. The number of fused-ring (bicyclic) bond motifs is 2. The minimum Gasteiger partial charge on any atom is -0.459 e. The lowest BCUT2D eigenvalue weighted by Gasteiger charge is -2.43. The van der Waals surface area contributed by atoms with E-state index in [0.717, 1.165) is 43.0 Å². The largest absolute Gasteiger partial charge is 0.459 e. The summed E-state index contributed by atoms with van der Waals surface area (Å²) in [5.41, 5.74) is 0.979. The molecule has 0 aromatic heterocycles. The third-order valence-corrected chi connectivity index (χ3v) is 6.28. The van der Waals surface area contributed by atoms with Crippen LogP contribution in [0.1, 0.15) is 52.4 Å². The molecule has 1 unspecified atom stereocenters. The van der Waals surface area contributed by atoms with Gasteiger partial charge >= 0.3 is 5.97 Å². The summed E-state index contributed by atoms with van der Waals surface area (Å²) in [5, 5.41) is 13.7. The van der Waals surface area contributed by atoms with Crippen molar-refractivity contribution >= 4 is 23.0 Å². The number of carbonyl (C=O) groups excluding carboxylic acids is 2. The van der Waals surface area contributed by atoms with Crippen LogP contribution in [0.25, 0.3) is 0 Å². The molecule has 7 heteroatoms. The van der Waals surface area contributed by atoms with Gasteiger partial charge in [-0.05, 0) is 38.5 Å². The number of nitrogens with one attached hydrogen (secondary N) is 1. The van der Waals surface area contributed by atoms with Crippen molar-refractivity contribution < 1.29 is 24.2 Å². The van der Waals surface area contributed by atoms with Crippen molar-refractivity contribution in [3.63, 3.8) is 0 Å². The SMILES string of the molecule is C/C1=C/C(=O)O[C@@H]2C[C@@H](CCC(C)/C=C\CC1)O[C@@](O)([C@H]1CSC(=O)N1)C2. The Kier molecular flexibility index (Phi) is 6.65. The van der Waals surface area contributed by atoms with E-state index in [0.29, 0.717) is 18.1 Å². The van der Waals surface area contributed by atoms with Gasteiger partial charge in [0.25, 0.3) is 5.24 Å². The van der Waals surface area contributed by atoms with Crippen LogP contribution in [0.2, 0.25) is 0 Å². The molecule has 2 N–H and O–H groups in total. The molecule has 3 rings (SSSR count). The average Bonchev–Trinajstić information content (AvgIpc) is 3.03. The highest BCUT2D eigenvalue weighted by Gasteiger charge is 2.49. The molecule has 0 spiro atoms. The number of ether oxygens (including phenoxy) is 2. The summed E-state index contributed by atoms with van der Waals surface area (Å²) in [4.78, 5) is 23.9. The maximum atomic E-state index is 12.3. The summed E-state index contributed by atoms with van der Waals surface area (Å²) in [5.74, 6) is -1.03.